The Balaban J connectivity index is 1.16. The largest absolute Gasteiger partial charge is 0.396 e. The number of hydrogen-bond donors (Lipinski definition) is 2. The van der Waals surface area contributed by atoms with E-state index in [0.717, 1.165) is 73.7 Å². The first-order valence-electron chi connectivity index (χ1n) is 14.6. The molecule has 220 valence electrons. The molecule has 1 aliphatic carbocycles. The minimum Gasteiger partial charge on any atom is -0.396 e. The van der Waals surface area contributed by atoms with Crippen LogP contribution in [0.2, 0.25) is 10.0 Å². The van der Waals surface area contributed by atoms with Gasteiger partial charge in [-0.2, -0.15) is 0 Å². The molecular weight excluding hydrogens is 599 g/mol. The van der Waals surface area contributed by atoms with Crippen LogP contribution in [0.3, 0.4) is 0 Å². The fourth-order valence-electron chi connectivity index (χ4n) is 6.20. The van der Waals surface area contributed by atoms with Gasteiger partial charge in [0.2, 0.25) is 0 Å². The Labute approximate surface area is 259 Å². The second-order valence-electron chi connectivity index (χ2n) is 11.2. The van der Waals surface area contributed by atoms with Gasteiger partial charge in [-0.1, -0.05) is 53.8 Å². The van der Waals surface area contributed by atoms with Crippen molar-refractivity contribution in [2.75, 3.05) is 61.0 Å². The normalized spacial score (nSPS) is 19.6. The van der Waals surface area contributed by atoms with Crippen LogP contribution in [0.5, 0.6) is 0 Å². The molecule has 0 unspecified atom stereocenters. The van der Waals surface area contributed by atoms with Crippen LogP contribution in [0.4, 0.5) is 16.0 Å². The molecule has 3 aromatic heterocycles. The molecule has 41 heavy (non-hydrogen) atoms. The van der Waals surface area contributed by atoms with Crippen LogP contribution in [0.25, 0.3) is 10.6 Å². The summed E-state index contributed by atoms with van der Waals surface area (Å²) >= 11 is 16.0. The van der Waals surface area contributed by atoms with Gasteiger partial charge in [-0.15, -0.1) is 11.3 Å². The van der Waals surface area contributed by atoms with Crippen molar-refractivity contribution in [3.8, 4) is 10.6 Å². The van der Waals surface area contributed by atoms with Gasteiger partial charge in [-0.3, -0.25) is 15.0 Å². The number of hydrogen-bond acceptors (Lipinski definition) is 9. The van der Waals surface area contributed by atoms with Crippen molar-refractivity contribution >= 4 is 67.7 Å². The van der Waals surface area contributed by atoms with E-state index in [1.807, 2.05) is 11.4 Å². The van der Waals surface area contributed by atoms with Gasteiger partial charge in [-0.05, 0) is 43.7 Å². The summed E-state index contributed by atoms with van der Waals surface area (Å²) in [6.07, 6.45) is 10.1. The van der Waals surface area contributed by atoms with E-state index in [1.165, 1.54) is 43.4 Å². The Hall–Kier alpha value is -1.95. The van der Waals surface area contributed by atoms with Crippen molar-refractivity contribution in [2.24, 2.45) is 5.92 Å². The zero-order valence-electron chi connectivity index (χ0n) is 23.0. The average Bonchev–Trinajstić information content (AvgIpc) is 3.63. The topological polar surface area (TPSA) is 84.8 Å². The Bertz CT molecular complexity index is 1340. The monoisotopic (exact) mass is 634 g/mol. The summed E-state index contributed by atoms with van der Waals surface area (Å²) < 4.78 is 0. The smallest absolute Gasteiger partial charge is 0.259 e. The lowest BCUT2D eigenvalue weighted by Gasteiger charge is -2.41. The molecule has 6 rings (SSSR count). The summed E-state index contributed by atoms with van der Waals surface area (Å²) in [6.45, 7) is 5.76. The van der Waals surface area contributed by atoms with Gasteiger partial charge in [0, 0.05) is 63.5 Å². The molecule has 0 spiro atoms. The number of carbonyl (C=O) groups excluding carboxylic acids is 1. The molecule has 2 saturated heterocycles. The number of aliphatic hydroxyl groups is 1. The first-order valence-corrected chi connectivity index (χ1v) is 17.0. The van der Waals surface area contributed by atoms with Crippen LogP contribution >= 0.6 is 45.9 Å². The van der Waals surface area contributed by atoms with Gasteiger partial charge in [-0.25, -0.2) is 9.97 Å². The summed E-state index contributed by atoms with van der Waals surface area (Å²) in [6, 6.07) is 4.34. The predicted octanol–water partition coefficient (Wildman–Crippen LogP) is 6.49. The third kappa shape index (κ3) is 6.68. The third-order valence-corrected chi connectivity index (χ3v) is 11.2. The second kappa shape index (κ2) is 13.1. The average molecular weight is 636 g/mol. The fraction of sp³-hybridized carbons (Fsp3) is 0.552. The molecule has 5 heterocycles. The van der Waals surface area contributed by atoms with Crippen molar-refractivity contribution in [1.29, 1.82) is 0 Å². The van der Waals surface area contributed by atoms with Gasteiger partial charge >= 0.3 is 0 Å². The van der Waals surface area contributed by atoms with Gasteiger partial charge in [0.25, 0.3) is 5.91 Å². The van der Waals surface area contributed by atoms with Crippen LogP contribution in [0.1, 0.15) is 55.3 Å². The van der Waals surface area contributed by atoms with E-state index in [0.29, 0.717) is 32.5 Å². The first kappa shape index (κ1) is 29.1. The van der Waals surface area contributed by atoms with Crippen molar-refractivity contribution in [2.45, 2.75) is 51.0 Å². The number of aromatic nitrogens is 2. The standard InChI is InChI=1S/C29H36Cl2N6O2S2/c30-21-15-24(40-18-21)25-28(37-12-10-35(11-13-37)22-4-2-1-3-5-22)41-29(33-25)34-27(39)20-14-23(31)26(32-16-20)36-8-6-19(17-38)7-9-36/h14-16,18-19,22,38H,1-13,17H2,(H,33,34,39). The van der Waals surface area contributed by atoms with Crippen LogP contribution in [0.15, 0.2) is 23.7 Å². The maximum Gasteiger partial charge on any atom is 0.259 e. The number of piperidine rings is 1. The number of nitrogens with zero attached hydrogens (tertiary/aromatic N) is 5. The molecule has 3 aromatic rings. The molecule has 0 radical (unpaired) electrons. The van der Waals surface area contributed by atoms with Crippen LogP contribution in [-0.4, -0.2) is 77.8 Å². The Kier molecular flexibility index (Phi) is 9.34. The van der Waals surface area contributed by atoms with Crippen molar-refractivity contribution in [3.05, 3.63) is 39.3 Å². The van der Waals surface area contributed by atoms with E-state index in [2.05, 4.69) is 25.0 Å². The van der Waals surface area contributed by atoms with E-state index in [1.54, 1.807) is 23.6 Å². The van der Waals surface area contributed by atoms with Gasteiger partial charge in [0.05, 0.1) is 20.5 Å². The molecule has 0 bridgehead atoms. The Morgan fingerprint density at radius 3 is 2.41 bits per heavy atom. The summed E-state index contributed by atoms with van der Waals surface area (Å²) in [5, 5.41) is 17.1. The Morgan fingerprint density at radius 2 is 1.76 bits per heavy atom. The number of thiophene rings is 1. The molecule has 2 aliphatic heterocycles. The van der Waals surface area contributed by atoms with Crippen molar-refractivity contribution in [1.82, 2.24) is 14.9 Å². The van der Waals surface area contributed by atoms with E-state index in [9.17, 15) is 9.90 Å². The third-order valence-electron chi connectivity index (χ3n) is 8.58. The molecule has 12 heteroatoms. The van der Waals surface area contributed by atoms with Gasteiger partial charge in [0.1, 0.15) is 16.5 Å². The summed E-state index contributed by atoms with van der Waals surface area (Å²) in [4.78, 5) is 30.9. The zero-order valence-corrected chi connectivity index (χ0v) is 26.2. The van der Waals surface area contributed by atoms with Gasteiger partial charge in [0.15, 0.2) is 5.13 Å². The highest BCUT2D eigenvalue weighted by molar-refractivity contribution is 7.21. The minimum atomic E-state index is -0.289. The number of nitrogens with one attached hydrogen (secondary N) is 1. The lowest BCUT2D eigenvalue weighted by atomic mass is 9.94. The number of rotatable bonds is 7. The first-order chi connectivity index (χ1) is 20.0. The number of aliphatic hydroxyl groups excluding tert-OH is 1. The van der Waals surface area contributed by atoms with Crippen LogP contribution < -0.4 is 15.1 Å². The maximum atomic E-state index is 13.3. The van der Waals surface area contributed by atoms with Crippen LogP contribution in [0, 0.1) is 5.92 Å². The number of halogens is 2. The SMILES string of the molecule is O=C(Nc1nc(-c2cc(Cl)cs2)c(N2CCN(C3CCCCC3)CC2)s1)c1cnc(N2CCC(CO)CC2)c(Cl)c1. The van der Waals surface area contributed by atoms with Crippen LogP contribution in [-0.2, 0) is 0 Å². The number of amides is 1. The number of piperazine rings is 1. The molecule has 1 saturated carbocycles. The quantitative estimate of drug-likeness (QED) is 0.307. The molecular formula is C29H36Cl2N6O2S2. The lowest BCUT2D eigenvalue weighted by Crippen LogP contribution is -2.50. The van der Waals surface area contributed by atoms with E-state index >= 15 is 0 Å². The number of pyridine rings is 1. The molecule has 0 aromatic carbocycles. The maximum absolute atomic E-state index is 13.3. The highest BCUT2D eigenvalue weighted by atomic mass is 35.5. The highest BCUT2D eigenvalue weighted by Gasteiger charge is 2.29. The molecule has 3 aliphatic rings. The summed E-state index contributed by atoms with van der Waals surface area (Å²) in [5.74, 6) is 0.720. The molecule has 1 amide bonds. The zero-order chi connectivity index (χ0) is 28.3. The van der Waals surface area contributed by atoms with E-state index < -0.39 is 0 Å². The van der Waals surface area contributed by atoms with Crippen molar-refractivity contribution in [3.63, 3.8) is 0 Å². The molecule has 2 N–H and O–H groups in total. The summed E-state index contributed by atoms with van der Waals surface area (Å²) in [5.41, 5.74) is 1.26. The molecule has 8 nitrogen and oxygen atoms in total. The Morgan fingerprint density at radius 1 is 1.00 bits per heavy atom. The fourth-order valence-corrected chi connectivity index (χ4v) is 8.64. The van der Waals surface area contributed by atoms with E-state index in [-0.39, 0.29) is 12.5 Å². The lowest BCUT2D eigenvalue weighted by molar-refractivity contribution is 0.102. The molecule has 3 fully saturated rings. The number of anilines is 3. The highest BCUT2D eigenvalue weighted by Crippen LogP contribution is 2.42. The number of carbonyl (C=O) groups is 1. The van der Waals surface area contributed by atoms with Crippen molar-refractivity contribution < 1.29 is 9.90 Å². The number of thiazole rings is 1. The van der Waals surface area contributed by atoms with Gasteiger partial charge < -0.3 is 14.9 Å². The molecule has 0 atom stereocenters. The summed E-state index contributed by atoms with van der Waals surface area (Å²) in [7, 11) is 0. The second-order valence-corrected chi connectivity index (χ2v) is 13.9. The predicted molar refractivity (Wildman–Crippen MR) is 170 cm³/mol. The minimum absolute atomic E-state index is 0.213. The van der Waals surface area contributed by atoms with E-state index in [4.69, 9.17) is 28.2 Å².